The number of Topliss-reactive ketones (excluding diaryl/α,β-unsaturated/α-hetero) is 1. The van der Waals surface area contributed by atoms with Crippen molar-refractivity contribution < 1.29 is 19.1 Å². The zero-order chi connectivity index (χ0) is 16.9. The van der Waals surface area contributed by atoms with E-state index in [-0.39, 0.29) is 36.0 Å². The maximum absolute atomic E-state index is 12.5. The fraction of sp³-hybridized carbons (Fsp3) is 0.500. The van der Waals surface area contributed by atoms with Crippen LogP contribution >= 0.6 is 0 Å². The van der Waals surface area contributed by atoms with Crippen LogP contribution in [0.2, 0.25) is 0 Å². The Kier molecular flexibility index (Phi) is 5.79. The van der Waals surface area contributed by atoms with E-state index in [2.05, 4.69) is 4.98 Å². The monoisotopic (exact) mass is 306 g/mol. The van der Waals surface area contributed by atoms with Crippen LogP contribution in [0.5, 0.6) is 5.75 Å². The number of ketones is 1. The number of aryl methyl sites for hydroxylation is 1. The van der Waals surface area contributed by atoms with Gasteiger partial charge in [0.05, 0.1) is 5.41 Å². The van der Waals surface area contributed by atoms with Crippen molar-refractivity contribution in [3.8, 4) is 5.75 Å². The predicted octanol–water partition coefficient (Wildman–Crippen LogP) is 1.90. The summed E-state index contributed by atoms with van der Waals surface area (Å²) in [6, 6.07) is 1.60. The molecule has 1 heterocycles. The number of aromatic nitrogens is 1. The van der Waals surface area contributed by atoms with Crippen molar-refractivity contribution in [2.24, 2.45) is 17.1 Å². The molecule has 22 heavy (non-hydrogen) atoms. The summed E-state index contributed by atoms with van der Waals surface area (Å²) in [4.78, 5) is 38.9. The van der Waals surface area contributed by atoms with Crippen LogP contribution < -0.4 is 10.5 Å². The fourth-order valence-corrected chi connectivity index (χ4v) is 2.02. The molecule has 6 heteroatoms. The molecule has 0 aliphatic carbocycles. The highest BCUT2D eigenvalue weighted by atomic mass is 16.5. The third-order valence-corrected chi connectivity index (χ3v) is 4.12. The normalized spacial score (nSPS) is 13.5. The lowest BCUT2D eigenvalue weighted by Gasteiger charge is -2.29. The van der Waals surface area contributed by atoms with Crippen molar-refractivity contribution in [1.82, 2.24) is 4.98 Å². The lowest BCUT2D eigenvalue weighted by molar-refractivity contribution is -0.129. The zero-order valence-corrected chi connectivity index (χ0v) is 13.4. The molecule has 1 rings (SSSR count). The molecule has 0 aromatic carbocycles. The Labute approximate surface area is 130 Å². The van der Waals surface area contributed by atoms with Crippen LogP contribution in [0.3, 0.4) is 0 Å². The van der Waals surface area contributed by atoms with Crippen LogP contribution in [0.25, 0.3) is 0 Å². The average Bonchev–Trinajstić information content (AvgIpc) is 2.46. The summed E-state index contributed by atoms with van der Waals surface area (Å²) in [5.41, 5.74) is 5.34. The number of primary amides is 1. The SMILES string of the molecule is CCc1cnc(C(=O)CC(C)(C(N)=O)C(C)C)c(OC=O)c1. The number of pyridine rings is 1. The summed E-state index contributed by atoms with van der Waals surface area (Å²) >= 11 is 0. The molecule has 2 N–H and O–H groups in total. The third-order valence-electron chi connectivity index (χ3n) is 4.12. The number of amides is 1. The van der Waals surface area contributed by atoms with E-state index in [0.29, 0.717) is 6.42 Å². The first-order chi connectivity index (χ1) is 10.3. The van der Waals surface area contributed by atoms with Gasteiger partial charge in [-0.3, -0.25) is 14.4 Å². The van der Waals surface area contributed by atoms with E-state index in [1.54, 1.807) is 19.2 Å². The summed E-state index contributed by atoms with van der Waals surface area (Å²) < 4.78 is 4.86. The molecule has 1 atom stereocenters. The summed E-state index contributed by atoms with van der Waals surface area (Å²) in [5, 5.41) is 0. The standard InChI is InChI=1S/C16H22N2O4/c1-5-11-6-13(22-9-19)14(18-8-11)12(20)7-16(4,10(2)3)15(17)21/h6,8-10H,5,7H2,1-4H3,(H2,17,21). The van der Waals surface area contributed by atoms with E-state index in [9.17, 15) is 14.4 Å². The Morgan fingerprint density at radius 2 is 2.09 bits per heavy atom. The fourth-order valence-electron chi connectivity index (χ4n) is 2.02. The highest BCUT2D eigenvalue weighted by Gasteiger charge is 2.38. The first-order valence-corrected chi connectivity index (χ1v) is 7.18. The second-order valence-corrected chi connectivity index (χ2v) is 5.79. The van der Waals surface area contributed by atoms with E-state index in [0.717, 1.165) is 5.56 Å². The van der Waals surface area contributed by atoms with Crippen LogP contribution in [0.4, 0.5) is 0 Å². The molecule has 1 aromatic rings. The lowest BCUT2D eigenvalue weighted by atomic mass is 9.74. The smallest absolute Gasteiger partial charge is 0.298 e. The van der Waals surface area contributed by atoms with E-state index < -0.39 is 11.3 Å². The van der Waals surface area contributed by atoms with Gasteiger partial charge in [-0.05, 0) is 24.0 Å². The van der Waals surface area contributed by atoms with Gasteiger partial charge < -0.3 is 10.5 Å². The van der Waals surface area contributed by atoms with Crippen LogP contribution in [0.1, 0.15) is 50.2 Å². The summed E-state index contributed by atoms with van der Waals surface area (Å²) in [6.45, 7) is 7.48. The van der Waals surface area contributed by atoms with Gasteiger partial charge in [0.2, 0.25) is 5.91 Å². The van der Waals surface area contributed by atoms with Gasteiger partial charge in [0, 0.05) is 12.6 Å². The number of nitrogens with two attached hydrogens (primary N) is 1. The molecular weight excluding hydrogens is 284 g/mol. The molecule has 0 saturated heterocycles. The summed E-state index contributed by atoms with van der Waals surface area (Å²) in [5.74, 6) is -0.928. The second kappa shape index (κ2) is 7.15. The van der Waals surface area contributed by atoms with Crippen molar-refractivity contribution in [2.45, 2.75) is 40.5 Å². The molecule has 0 aliphatic rings. The second-order valence-electron chi connectivity index (χ2n) is 5.79. The maximum atomic E-state index is 12.5. The van der Waals surface area contributed by atoms with Gasteiger partial charge in [0.15, 0.2) is 11.5 Å². The number of rotatable bonds is 8. The highest BCUT2D eigenvalue weighted by Crippen LogP contribution is 2.33. The van der Waals surface area contributed by atoms with Gasteiger partial charge in [-0.25, -0.2) is 4.98 Å². The molecule has 0 bridgehead atoms. The van der Waals surface area contributed by atoms with Crippen molar-refractivity contribution in [1.29, 1.82) is 0 Å². The molecule has 0 radical (unpaired) electrons. The summed E-state index contributed by atoms with van der Waals surface area (Å²) in [7, 11) is 0. The minimum Gasteiger partial charge on any atom is -0.426 e. The van der Waals surface area contributed by atoms with Gasteiger partial charge in [0.25, 0.3) is 6.47 Å². The van der Waals surface area contributed by atoms with Gasteiger partial charge in [0.1, 0.15) is 5.69 Å². The molecule has 1 amide bonds. The van der Waals surface area contributed by atoms with E-state index in [1.165, 1.54) is 0 Å². The van der Waals surface area contributed by atoms with Crippen LogP contribution in [-0.4, -0.2) is 23.1 Å². The third kappa shape index (κ3) is 3.69. The number of nitrogens with zero attached hydrogens (tertiary/aromatic N) is 1. The van der Waals surface area contributed by atoms with Crippen molar-refractivity contribution in [3.05, 3.63) is 23.5 Å². The number of hydrogen-bond acceptors (Lipinski definition) is 5. The average molecular weight is 306 g/mol. The summed E-state index contributed by atoms with van der Waals surface area (Å²) in [6.07, 6.45) is 2.16. The first kappa shape index (κ1) is 17.8. The maximum Gasteiger partial charge on any atom is 0.298 e. The van der Waals surface area contributed by atoms with Crippen LogP contribution in [0, 0.1) is 11.3 Å². The molecule has 1 aromatic heterocycles. The van der Waals surface area contributed by atoms with Gasteiger partial charge >= 0.3 is 0 Å². The van der Waals surface area contributed by atoms with E-state index >= 15 is 0 Å². The molecule has 0 saturated carbocycles. The highest BCUT2D eigenvalue weighted by molar-refractivity contribution is 6.00. The number of carbonyl (C=O) groups excluding carboxylic acids is 3. The quantitative estimate of drug-likeness (QED) is 0.584. The zero-order valence-electron chi connectivity index (χ0n) is 13.4. The van der Waals surface area contributed by atoms with Gasteiger partial charge in [-0.1, -0.05) is 27.7 Å². The topological polar surface area (TPSA) is 99.4 Å². The molecule has 6 nitrogen and oxygen atoms in total. The number of carbonyl (C=O) groups is 3. The molecule has 0 spiro atoms. The lowest BCUT2D eigenvalue weighted by Crippen LogP contribution is -2.40. The molecule has 0 aliphatic heterocycles. The molecule has 0 fully saturated rings. The number of hydrogen-bond donors (Lipinski definition) is 1. The largest absolute Gasteiger partial charge is 0.426 e. The minimum absolute atomic E-state index is 0.0393. The Morgan fingerprint density at radius 3 is 2.55 bits per heavy atom. The Morgan fingerprint density at radius 1 is 1.45 bits per heavy atom. The first-order valence-electron chi connectivity index (χ1n) is 7.18. The number of ether oxygens (including phenoxy) is 1. The van der Waals surface area contributed by atoms with E-state index in [4.69, 9.17) is 10.5 Å². The van der Waals surface area contributed by atoms with Gasteiger partial charge in [-0.2, -0.15) is 0 Å². The minimum atomic E-state index is -0.985. The molecular formula is C16H22N2O4. The van der Waals surface area contributed by atoms with Crippen molar-refractivity contribution in [3.63, 3.8) is 0 Å². The van der Waals surface area contributed by atoms with Crippen molar-refractivity contribution >= 4 is 18.2 Å². The van der Waals surface area contributed by atoms with Crippen LogP contribution in [-0.2, 0) is 16.0 Å². The van der Waals surface area contributed by atoms with Crippen molar-refractivity contribution in [2.75, 3.05) is 0 Å². The van der Waals surface area contributed by atoms with E-state index in [1.807, 2.05) is 20.8 Å². The Bertz CT molecular complexity index is 584. The van der Waals surface area contributed by atoms with Crippen LogP contribution in [0.15, 0.2) is 12.3 Å². The Balaban J connectivity index is 3.17. The molecule has 1 unspecified atom stereocenters. The molecule has 120 valence electrons. The Hall–Kier alpha value is -2.24. The van der Waals surface area contributed by atoms with Gasteiger partial charge in [-0.15, -0.1) is 0 Å². The predicted molar refractivity (Wildman–Crippen MR) is 81.4 cm³/mol.